The average molecular weight is 400 g/mol. The summed E-state index contributed by atoms with van der Waals surface area (Å²) >= 11 is 0. The van der Waals surface area contributed by atoms with Gasteiger partial charge in [0.25, 0.3) is 0 Å². The van der Waals surface area contributed by atoms with Gasteiger partial charge in [-0.05, 0) is 42.1 Å². The van der Waals surface area contributed by atoms with E-state index in [2.05, 4.69) is 78.6 Å². The van der Waals surface area contributed by atoms with Crippen molar-refractivity contribution < 1.29 is 61.3 Å². The Morgan fingerprint density at radius 2 is 1.11 bits per heavy atom. The Labute approximate surface area is 204 Å². The van der Waals surface area contributed by atoms with Gasteiger partial charge < -0.3 is 9.90 Å². The molecule has 3 aromatic carbocycles. The number of hydrogen-bond acceptors (Lipinski definition) is 2. The standard InChI is InChI=1S/C23H23O2P.K/c24-23(25)18-10-11-19-26(20-12-4-1-5-13-20,21-14-6-2-7-15-21)22-16-8-3-9-17-22;/h1-9,12-17,19H,10-11,18H2,(H,24,25);/q;+1/p-1. The first-order valence-electron chi connectivity index (χ1n) is 8.83. The van der Waals surface area contributed by atoms with Crippen LogP contribution in [0.25, 0.3) is 0 Å². The van der Waals surface area contributed by atoms with Crippen LogP contribution in [0.4, 0.5) is 0 Å². The number of benzene rings is 3. The fourth-order valence-electron chi connectivity index (χ4n) is 3.28. The molecule has 3 rings (SSSR count). The zero-order chi connectivity index (χ0) is 18.2. The largest absolute Gasteiger partial charge is 1.00 e. The molecular formula is C23H22KO2P. The van der Waals surface area contributed by atoms with Crippen molar-refractivity contribution in [3.05, 3.63) is 91.0 Å². The summed E-state index contributed by atoms with van der Waals surface area (Å²) in [6.45, 7) is -1.95. The van der Waals surface area contributed by atoms with E-state index < -0.39 is 12.9 Å². The van der Waals surface area contributed by atoms with Gasteiger partial charge in [0.05, 0.1) is 0 Å². The normalized spacial score (nSPS) is 10.7. The molecule has 27 heavy (non-hydrogen) atoms. The van der Waals surface area contributed by atoms with Gasteiger partial charge in [0.1, 0.15) is 0 Å². The van der Waals surface area contributed by atoms with Crippen LogP contribution in [-0.2, 0) is 4.79 Å². The maximum Gasteiger partial charge on any atom is 1.00 e. The van der Waals surface area contributed by atoms with Crippen LogP contribution in [0.2, 0.25) is 0 Å². The second-order valence-corrected chi connectivity index (χ2v) is 9.54. The molecular weight excluding hydrogens is 378 g/mol. The fraction of sp³-hybridized carbons (Fsp3) is 0.130. The van der Waals surface area contributed by atoms with E-state index in [0.717, 1.165) is 6.42 Å². The van der Waals surface area contributed by atoms with Crippen LogP contribution in [0.5, 0.6) is 0 Å². The monoisotopic (exact) mass is 400 g/mol. The molecule has 0 aromatic heterocycles. The summed E-state index contributed by atoms with van der Waals surface area (Å²) in [7, 11) is 0. The second kappa shape index (κ2) is 11.2. The number of unbranched alkanes of at least 4 members (excludes halogenated alkanes) is 1. The molecule has 0 atom stereocenters. The maximum atomic E-state index is 10.8. The minimum Gasteiger partial charge on any atom is -0.550 e. The Morgan fingerprint density at radius 1 is 0.741 bits per heavy atom. The van der Waals surface area contributed by atoms with Crippen molar-refractivity contribution >= 4 is 34.6 Å². The Kier molecular flexibility index (Phi) is 9.24. The van der Waals surface area contributed by atoms with E-state index in [1.54, 1.807) is 0 Å². The van der Waals surface area contributed by atoms with Crippen LogP contribution in [0.15, 0.2) is 91.0 Å². The van der Waals surface area contributed by atoms with E-state index in [0.29, 0.717) is 6.42 Å². The van der Waals surface area contributed by atoms with E-state index in [1.165, 1.54) is 15.9 Å². The van der Waals surface area contributed by atoms with E-state index in [-0.39, 0.29) is 57.8 Å². The summed E-state index contributed by atoms with van der Waals surface area (Å²) in [4.78, 5) is 10.8. The van der Waals surface area contributed by atoms with E-state index >= 15 is 0 Å². The molecule has 0 bridgehead atoms. The summed E-state index contributed by atoms with van der Waals surface area (Å²) in [5.41, 5.74) is 0. The van der Waals surface area contributed by atoms with Crippen molar-refractivity contribution in [1.29, 1.82) is 0 Å². The third-order valence-electron chi connectivity index (χ3n) is 4.48. The van der Waals surface area contributed by atoms with Crippen molar-refractivity contribution in [2.45, 2.75) is 19.3 Å². The Bertz CT molecular complexity index is 790. The molecule has 2 nitrogen and oxygen atoms in total. The molecule has 0 saturated heterocycles. The van der Waals surface area contributed by atoms with Crippen molar-refractivity contribution in [2.75, 3.05) is 0 Å². The number of rotatable bonds is 7. The number of carboxylic acids is 1. The molecule has 0 radical (unpaired) electrons. The van der Waals surface area contributed by atoms with Crippen LogP contribution in [-0.4, -0.2) is 11.8 Å². The van der Waals surface area contributed by atoms with Gasteiger partial charge in [0, 0.05) is 5.97 Å². The molecule has 0 fully saturated rings. The molecule has 0 heterocycles. The number of carboxylic acid groups (broad SMARTS) is 1. The van der Waals surface area contributed by atoms with E-state index in [9.17, 15) is 9.90 Å². The second-order valence-electron chi connectivity index (χ2n) is 6.18. The molecule has 3 aromatic rings. The first-order chi connectivity index (χ1) is 12.7. The van der Waals surface area contributed by atoms with E-state index in [1.807, 2.05) is 18.2 Å². The number of carbonyl (C=O) groups is 1. The predicted molar refractivity (Wildman–Crippen MR) is 110 cm³/mol. The summed E-state index contributed by atoms with van der Waals surface area (Å²) in [5, 5.41) is 14.7. The molecule has 0 aliphatic rings. The van der Waals surface area contributed by atoms with Crippen molar-refractivity contribution in [2.24, 2.45) is 0 Å². The SMILES string of the molecule is O=C([O-])CCCC=P(c1ccccc1)(c1ccccc1)c1ccccc1.[K+]. The topological polar surface area (TPSA) is 40.1 Å². The molecule has 4 heteroatoms. The molecule has 0 N–H and O–H groups in total. The minimum atomic E-state index is -1.95. The number of carbonyl (C=O) groups excluding carboxylic acids is 1. The third kappa shape index (κ3) is 5.54. The van der Waals surface area contributed by atoms with Crippen LogP contribution < -0.4 is 72.4 Å². The van der Waals surface area contributed by atoms with Crippen LogP contribution in [0.1, 0.15) is 19.3 Å². The maximum absolute atomic E-state index is 10.8. The van der Waals surface area contributed by atoms with Crippen molar-refractivity contribution in [3.63, 3.8) is 0 Å². The summed E-state index contributed by atoms with van der Waals surface area (Å²) in [6, 6.07) is 31.6. The predicted octanol–water partition coefficient (Wildman–Crippen LogP) is -0.293. The molecule has 0 unspecified atom stereocenters. The van der Waals surface area contributed by atoms with E-state index in [4.69, 9.17) is 0 Å². The molecule has 0 saturated carbocycles. The number of hydrogen-bond donors (Lipinski definition) is 0. The van der Waals surface area contributed by atoms with Crippen molar-refractivity contribution in [1.82, 2.24) is 0 Å². The van der Waals surface area contributed by atoms with Gasteiger partial charge in [-0.3, -0.25) is 0 Å². The quantitative estimate of drug-likeness (QED) is 0.311. The van der Waals surface area contributed by atoms with Gasteiger partial charge in [0.2, 0.25) is 0 Å². The third-order valence-corrected chi connectivity index (χ3v) is 8.62. The zero-order valence-corrected chi connectivity index (χ0v) is 19.6. The van der Waals surface area contributed by atoms with Gasteiger partial charge in [0.15, 0.2) is 0 Å². The Morgan fingerprint density at radius 3 is 1.44 bits per heavy atom. The van der Waals surface area contributed by atoms with Gasteiger partial charge in [-0.15, -0.1) is 0 Å². The van der Waals surface area contributed by atoms with Crippen molar-refractivity contribution in [3.8, 4) is 0 Å². The smallest absolute Gasteiger partial charge is 0.550 e. The Balaban J connectivity index is 0.00000261. The van der Waals surface area contributed by atoms with Gasteiger partial charge >= 0.3 is 51.4 Å². The summed E-state index contributed by atoms with van der Waals surface area (Å²) < 4.78 is 0. The molecule has 0 amide bonds. The van der Waals surface area contributed by atoms with Crippen LogP contribution in [0.3, 0.4) is 0 Å². The van der Waals surface area contributed by atoms with Gasteiger partial charge in [-0.1, -0.05) is 96.8 Å². The van der Waals surface area contributed by atoms with Crippen LogP contribution >= 0.6 is 6.89 Å². The fourth-order valence-corrected chi connectivity index (χ4v) is 7.31. The molecule has 0 spiro atoms. The molecule has 132 valence electrons. The van der Waals surface area contributed by atoms with Gasteiger partial charge in [-0.2, -0.15) is 0 Å². The zero-order valence-electron chi connectivity index (χ0n) is 15.6. The first-order valence-corrected chi connectivity index (χ1v) is 10.7. The summed E-state index contributed by atoms with van der Waals surface area (Å²) in [5.74, 6) is 1.37. The first kappa shape index (κ1) is 22.4. The number of aliphatic carboxylic acids is 1. The molecule has 0 aliphatic carbocycles. The van der Waals surface area contributed by atoms with Crippen LogP contribution in [0, 0.1) is 0 Å². The summed E-state index contributed by atoms with van der Waals surface area (Å²) in [6.07, 6.45) is 1.42. The van der Waals surface area contributed by atoms with Gasteiger partial charge in [-0.25, -0.2) is 0 Å². The Hall–Kier alpha value is -0.934. The minimum absolute atomic E-state index is 0. The average Bonchev–Trinajstić information content (AvgIpc) is 2.70. The molecule has 0 aliphatic heterocycles.